The lowest BCUT2D eigenvalue weighted by Crippen LogP contribution is -2.42. The van der Waals surface area contributed by atoms with E-state index >= 15 is 0 Å². The minimum Gasteiger partial charge on any atom is -0.444 e. The van der Waals surface area contributed by atoms with E-state index in [1.165, 1.54) is 0 Å². The first-order chi connectivity index (χ1) is 7.81. The third-order valence-corrected chi connectivity index (χ3v) is 2.44. The number of carbonyl (C=O) groups excluding carboxylic acids is 2. The summed E-state index contributed by atoms with van der Waals surface area (Å²) in [5.74, 6) is -0.0847. The Morgan fingerprint density at radius 2 is 2.12 bits per heavy atom. The van der Waals surface area contributed by atoms with Crippen LogP contribution in [-0.2, 0) is 9.53 Å². The number of alkyl carbamates (subject to hydrolysis) is 1. The molecule has 1 atom stereocenters. The fourth-order valence-corrected chi connectivity index (χ4v) is 1.71. The second-order valence-electron chi connectivity index (χ2n) is 5.18. The first kappa shape index (κ1) is 13.8. The molecule has 1 heterocycles. The van der Waals surface area contributed by atoms with Crippen molar-refractivity contribution in [3.63, 3.8) is 0 Å². The van der Waals surface area contributed by atoms with E-state index in [1.807, 2.05) is 20.8 Å². The van der Waals surface area contributed by atoms with Gasteiger partial charge in [0.15, 0.2) is 0 Å². The van der Waals surface area contributed by atoms with Crippen molar-refractivity contribution in [2.75, 3.05) is 19.6 Å². The Bertz CT molecular complexity index is 299. The zero-order valence-corrected chi connectivity index (χ0v) is 10.7. The zero-order chi connectivity index (χ0) is 13.1. The maximum atomic E-state index is 11.5. The van der Waals surface area contributed by atoms with Crippen LogP contribution in [0.15, 0.2) is 0 Å². The van der Waals surface area contributed by atoms with E-state index in [1.54, 1.807) is 4.90 Å². The minimum absolute atomic E-state index is 0.0131. The number of ether oxygens (including phenoxy) is 1. The number of hydrogen-bond acceptors (Lipinski definition) is 4. The first-order valence-corrected chi connectivity index (χ1v) is 5.79. The van der Waals surface area contributed by atoms with E-state index in [-0.39, 0.29) is 18.5 Å². The van der Waals surface area contributed by atoms with Gasteiger partial charge in [0.25, 0.3) is 0 Å². The molecule has 1 rings (SSSR count). The van der Waals surface area contributed by atoms with Crippen LogP contribution < -0.4 is 11.1 Å². The molecule has 0 unspecified atom stereocenters. The van der Waals surface area contributed by atoms with Crippen LogP contribution in [0.25, 0.3) is 0 Å². The summed E-state index contributed by atoms with van der Waals surface area (Å²) in [6.07, 6.45) is 0.301. The van der Waals surface area contributed by atoms with Crippen LogP contribution >= 0.6 is 0 Å². The Hall–Kier alpha value is -1.30. The van der Waals surface area contributed by atoms with E-state index in [0.717, 1.165) is 6.42 Å². The molecule has 0 spiro atoms. The molecule has 1 aliphatic heterocycles. The topological polar surface area (TPSA) is 84.7 Å². The van der Waals surface area contributed by atoms with Gasteiger partial charge in [0.1, 0.15) is 5.60 Å². The van der Waals surface area contributed by atoms with Crippen LogP contribution in [0.3, 0.4) is 0 Å². The normalized spacial score (nSPS) is 20.2. The molecule has 3 N–H and O–H groups in total. The standard InChI is InChI=1S/C11H21N3O3/c1-11(2,3)17-10(16)13-8-4-5-14(7-8)9(15)6-12/h8H,4-7,12H2,1-3H3,(H,13,16)/t8-/m1/s1. The van der Waals surface area contributed by atoms with E-state index in [4.69, 9.17) is 10.5 Å². The molecule has 6 nitrogen and oxygen atoms in total. The van der Waals surface area contributed by atoms with Gasteiger partial charge in [-0.1, -0.05) is 0 Å². The highest BCUT2D eigenvalue weighted by Gasteiger charge is 2.27. The van der Waals surface area contributed by atoms with Gasteiger partial charge in [0.05, 0.1) is 12.6 Å². The molecule has 0 aromatic carbocycles. The van der Waals surface area contributed by atoms with Crippen molar-refractivity contribution in [3.05, 3.63) is 0 Å². The molecule has 1 fully saturated rings. The molecule has 0 aromatic rings. The number of carbonyl (C=O) groups is 2. The Balaban J connectivity index is 2.35. The first-order valence-electron chi connectivity index (χ1n) is 5.79. The molecule has 17 heavy (non-hydrogen) atoms. The number of rotatable bonds is 2. The van der Waals surface area contributed by atoms with Gasteiger partial charge in [0.2, 0.25) is 5.91 Å². The van der Waals surface area contributed by atoms with Crippen LogP contribution in [0.5, 0.6) is 0 Å². The summed E-state index contributed by atoms with van der Waals surface area (Å²) in [4.78, 5) is 24.5. The lowest BCUT2D eigenvalue weighted by Gasteiger charge is -2.22. The van der Waals surface area contributed by atoms with Crippen molar-refractivity contribution < 1.29 is 14.3 Å². The van der Waals surface area contributed by atoms with Crippen LogP contribution in [0.2, 0.25) is 0 Å². The Kier molecular flexibility index (Phi) is 4.34. The summed E-state index contributed by atoms with van der Waals surface area (Å²) in [6, 6.07) is -0.0413. The molecule has 0 aliphatic carbocycles. The quantitative estimate of drug-likeness (QED) is 0.719. The number of nitrogens with two attached hydrogens (primary N) is 1. The van der Waals surface area contributed by atoms with E-state index in [2.05, 4.69) is 5.32 Å². The maximum absolute atomic E-state index is 11.5. The monoisotopic (exact) mass is 243 g/mol. The van der Waals surface area contributed by atoms with Crippen molar-refractivity contribution in [2.24, 2.45) is 5.73 Å². The highest BCUT2D eigenvalue weighted by molar-refractivity contribution is 5.78. The number of nitrogens with one attached hydrogen (secondary N) is 1. The Labute approximate surface area is 101 Å². The predicted octanol–water partition coefficient (Wildman–Crippen LogP) is 0.0707. The van der Waals surface area contributed by atoms with Gasteiger partial charge in [-0.3, -0.25) is 4.79 Å². The fourth-order valence-electron chi connectivity index (χ4n) is 1.71. The second kappa shape index (κ2) is 5.35. The van der Waals surface area contributed by atoms with Crippen molar-refractivity contribution in [2.45, 2.75) is 38.8 Å². The Morgan fingerprint density at radius 3 is 2.65 bits per heavy atom. The van der Waals surface area contributed by atoms with Gasteiger partial charge in [-0.25, -0.2) is 4.79 Å². The van der Waals surface area contributed by atoms with Crippen LogP contribution in [0.4, 0.5) is 4.79 Å². The molecule has 0 saturated carbocycles. The number of likely N-dealkylation sites (tertiary alicyclic amines) is 1. The van der Waals surface area contributed by atoms with E-state index in [9.17, 15) is 9.59 Å². The van der Waals surface area contributed by atoms with E-state index in [0.29, 0.717) is 13.1 Å². The molecular formula is C11H21N3O3. The third-order valence-electron chi connectivity index (χ3n) is 2.44. The molecule has 2 amide bonds. The Morgan fingerprint density at radius 1 is 1.47 bits per heavy atom. The van der Waals surface area contributed by atoms with Gasteiger partial charge in [-0.05, 0) is 27.2 Å². The largest absolute Gasteiger partial charge is 0.444 e. The minimum atomic E-state index is -0.505. The highest BCUT2D eigenvalue weighted by atomic mass is 16.6. The van der Waals surface area contributed by atoms with Gasteiger partial charge < -0.3 is 20.7 Å². The fraction of sp³-hybridized carbons (Fsp3) is 0.818. The molecule has 0 aromatic heterocycles. The molecule has 6 heteroatoms. The van der Waals surface area contributed by atoms with Crippen LogP contribution in [-0.4, -0.2) is 48.2 Å². The van der Waals surface area contributed by atoms with Crippen molar-refractivity contribution >= 4 is 12.0 Å². The number of nitrogens with zero attached hydrogens (tertiary/aromatic N) is 1. The van der Waals surface area contributed by atoms with Crippen molar-refractivity contribution in [3.8, 4) is 0 Å². The summed E-state index contributed by atoms with van der Waals surface area (Å²) in [5, 5.41) is 2.75. The van der Waals surface area contributed by atoms with Gasteiger partial charge in [-0.15, -0.1) is 0 Å². The molecule has 0 radical (unpaired) electrons. The van der Waals surface area contributed by atoms with Crippen LogP contribution in [0.1, 0.15) is 27.2 Å². The average molecular weight is 243 g/mol. The molecule has 98 valence electrons. The maximum Gasteiger partial charge on any atom is 0.407 e. The lowest BCUT2D eigenvalue weighted by atomic mass is 10.2. The third kappa shape index (κ3) is 4.60. The van der Waals surface area contributed by atoms with Gasteiger partial charge in [0, 0.05) is 13.1 Å². The number of amides is 2. The summed E-state index contributed by atoms with van der Waals surface area (Å²) in [5.41, 5.74) is 4.77. The van der Waals surface area contributed by atoms with E-state index < -0.39 is 11.7 Å². The van der Waals surface area contributed by atoms with Crippen molar-refractivity contribution in [1.82, 2.24) is 10.2 Å². The molecule has 0 bridgehead atoms. The predicted molar refractivity (Wildman–Crippen MR) is 63.4 cm³/mol. The summed E-state index contributed by atoms with van der Waals surface area (Å²) < 4.78 is 5.14. The SMILES string of the molecule is CC(C)(C)OC(=O)N[C@@H]1CCN(C(=O)CN)C1. The lowest BCUT2D eigenvalue weighted by molar-refractivity contribution is -0.128. The van der Waals surface area contributed by atoms with Gasteiger partial charge >= 0.3 is 6.09 Å². The summed E-state index contributed by atoms with van der Waals surface area (Å²) in [6.45, 7) is 6.59. The smallest absolute Gasteiger partial charge is 0.407 e. The molecular weight excluding hydrogens is 222 g/mol. The summed E-state index contributed by atoms with van der Waals surface area (Å²) in [7, 11) is 0. The van der Waals surface area contributed by atoms with Crippen LogP contribution in [0, 0.1) is 0 Å². The van der Waals surface area contributed by atoms with Crippen molar-refractivity contribution in [1.29, 1.82) is 0 Å². The van der Waals surface area contributed by atoms with Gasteiger partial charge in [-0.2, -0.15) is 0 Å². The average Bonchev–Trinajstić information content (AvgIpc) is 2.62. The molecule has 1 saturated heterocycles. The number of hydrogen-bond donors (Lipinski definition) is 2. The second-order valence-corrected chi connectivity index (χ2v) is 5.18. The highest BCUT2D eigenvalue weighted by Crippen LogP contribution is 2.11. The summed E-state index contributed by atoms with van der Waals surface area (Å²) >= 11 is 0. The zero-order valence-electron chi connectivity index (χ0n) is 10.7. The molecule has 1 aliphatic rings.